The van der Waals surface area contributed by atoms with E-state index in [9.17, 15) is 4.79 Å². The molecule has 0 aliphatic heterocycles. The van der Waals surface area contributed by atoms with Crippen molar-refractivity contribution in [1.82, 2.24) is 0 Å². The van der Waals surface area contributed by atoms with E-state index in [1.807, 2.05) is 19.9 Å². The zero-order chi connectivity index (χ0) is 13.5. The fraction of sp³-hybridized carbons (Fsp3) is 0.500. The van der Waals surface area contributed by atoms with E-state index in [0.717, 1.165) is 35.3 Å². The number of methoxy groups -OCH3 is 1. The lowest BCUT2D eigenvalue weighted by Crippen LogP contribution is -2.15. The zero-order valence-electron chi connectivity index (χ0n) is 10.8. The Morgan fingerprint density at radius 2 is 2.11 bits per heavy atom. The van der Waals surface area contributed by atoms with Crippen LogP contribution in [0.5, 0.6) is 5.75 Å². The maximum atomic E-state index is 11.0. The highest BCUT2D eigenvalue weighted by molar-refractivity contribution is 6.32. The number of aryl methyl sites for hydroxylation is 1. The Balaban J connectivity index is 2.54. The minimum Gasteiger partial charge on any atom is -0.496 e. The number of benzene rings is 1. The van der Waals surface area contributed by atoms with Crippen LogP contribution in [0.15, 0.2) is 6.07 Å². The van der Waals surface area contributed by atoms with Gasteiger partial charge >= 0.3 is 5.97 Å². The molecule has 0 unspecified atom stereocenters. The van der Waals surface area contributed by atoms with Gasteiger partial charge in [-0.3, -0.25) is 4.79 Å². The minimum atomic E-state index is -0.764. The molecule has 0 aromatic heterocycles. The Morgan fingerprint density at radius 3 is 2.56 bits per heavy atom. The van der Waals surface area contributed by atoms with Gasteiger partial charge in [0.2, 0.25) is 0 Å². The van der Waals surface area contributed by atoms with Gasteiger partial charge in [0.1, 0.15) is 5.75 Å². The van der Waals surface area contributed by atoms with E-state index >= 15 is 0 Å². The van der Waals surface area contributed by atoms with Gasteiger partial charge in [-0.2, -0.15) is 0 Å². The molecule has 0 heterocycles. The quantitative estimate of drug-likeness (QED) is 0.909. The summed E-state index contributed by atoms with van der Waals surface area (Å²) in [6, 6.07) is 1.98. The molecule has 3 nitrogen and oxygen atoms in total. The Hall–Kier alpha value is -1.22. The van der Waals surface area contributed by atoms with E-state index in [-0.39, 0.29) is 11.8 Å². The van der Waals surface area contributed by atoms with Crippen molar-refractivity contribution in [3.05, 3.63) is 27.8 Å². The second-order valence-electron chi connectivity index (χ2n) is 5.06. The highest BCUT2D eigenvalue weighted by Gasteiger charge is 2.48. The molecule has 0 amide bonds. The molecule has 0 spiro atoms. The summed E-state index contributed by atoms with van der Waals surface area (Å²) < 4.78 is 5.44. The lowest BCUT2D eigenvalue weighted by Gasteiger charge is -2.21. The molecular weight excluding hydrogens is 252 g/mol. The number of halogens is 1. The van der Waals surface area contributed by atoms with Gasteiger partial charge in [-0.05, 0) is 32.3 Å². The van der Waals surface area contributed by atoms with Gasteiger partial charge in [0.15, 0.2) is 0 Å². The number of aliphatic carboxylic acids is 1. The van der Waals surface area contributed by atoms with E-state index < -0.39 is 5.97 Å². The first-order valence-corrected chi connectivity index (χ1v) is 6.35. The van der Waals surface area contributed by atoms with Gasteiger partial charge in [-0.25, -0.2) is 0 Å². The molecule has 0 saturated heterocycles. The lowest BCUT2D eigenvalue weighted by atomic mass is 9.88. The summed E-state index contributed by atoms with van der Waals surface area (Å²) in [5.41, 5.74) is 2.61. The number of ether oxygens (including phenoxy) is 1. The maximum absolute atomic E-state index is 11.0. The summed E-state index contributed by atoms with van der Waals surface area (Å²) in [4.78, 5) is 11.0. The molecule has 0 radical (unpaired) electrons. The third-order valence-electron chi connectivity index (χ3n) is 3.74. The summed E-state index contributed by atoms with van der Waals surface area (Å²) in [5, 5.41) is 9.74. The summed E-state index contributed by atoms with van der Waals surface area (Å²) >= 11 is 6.21. The molecule has 1 aliphatic carbocycles. The molecule has 1 aliphatic rings. The number of carboxylic acids is 1. The summed E-state index contributed by atoms with van der Waals surface area (Å²) in [5.74, 6) is -0.0239. The molecule has 98 valence electrons. The predicted molar refractivity (Wildman–Crippen MR) is 70.6 cm³/mol. The molecule has 0 bridgehead atoms. The molecule has 0 atom stereocenters. The van der Waals surface area contributed by atoms with E-state index in [1.165, 1.54) is 0 Å². The number of hydrogen-bond donors (Lipinski definition) is 1. The normalized spacial score (nSPS) is 16.4. The molecule has 1 fully saturated rings. The van der Waals surface area contributed by atoms with E-state index in [1.54, 1.807) is 7.11 Å². The molecular formula is C14H17ClO3. The van der Waals surface area contributed by atoms with E-state index in [0.29, 0.717) is 5.02 Å². The Labute approximate surface area is 112 Å². The number of carbonyl (C=O) groups is 1. The Kier molecular flexibility index (Phi) is 3.28. The van der Waals surface area contributed by atoms with Crippen molar-refractivity contribution in [2.75, 3.05) is 7.11 Å². The van der Waals surface area contributed by atoms with Gasteiger partial charge in [0, 0.05) is 16.5 Å². The third kappa shape index (κ3) is 2.07. The van der Waals surface area contributed by atoms with Gasteiger partial charge in [-0.1, -0.05) is 17.7 Å². The van der Waals surface area contributed by atoms with Crippen LogP contribution >= 0.6 is 11.6 Å². The van der Waals surface area contributed by atoms with Crippen LogP contribution in [-0.2, 0) is 10.2 Å². The van der Waals surface area contributed by atoms with Crippen LogP contribution < -0.4 is 4.74 Å². The van der Waals surface area contributed by atoms with Crippen molar-refractivity contribution >= 4 is 17.6 Å². The van der Waals surface area contributed by atoms with Gasteiger partial charge in [-0.15, -0.1) is 0 Å². The highest BCUT2D eigenvalue weighted by atomic mass is 35.5. The van der Waals surface area contributed by atoms with Crippen molar-refractivity contribution < 1.29 is 14.6 Å². The largest absolute Gasteiger partial charge is 0.496 e. The number of rotatable bonds is 4. The maximum Gasteiger partial charge on any atom is 0.304 e. The molecule has 2 rings (SSSR count). The van der Waals surface area contributed by atoms with Crippen LogP contribution in [0.25, 0.3) is 0 Å². The molecule has 1 N–H and O–H groups in total. The molecule has 1 aromatic carbocycles. The average molecular weight is 269 g/mol. The monoisotopic (exact) mass is 268 g/mol. The van der Waals surface area contributed by atoms with Crippen LogP contribution in [-0.4, -0.2) is 18.2 Å². The second-order valence-corrected chi connectivity index (χ2v) is 5.44. The van der Waals surface area contributed by atoms with Crippen LogP contribution in [0.3, 0.4) is 0 Å². The number of carboxylic acid groups (broad SMARTS) is 1. The Bertz CT molecular complexity index is 504. The number of hydrogen-bond acceptors (Lipinski definition) is 2. The van der Waals surface area contributed by atoms with E-state index in [2.05, 4.69) is 0 Å². The lowest BCUT2D eigenvalue weighted by molar-refractivity contribution is -0.137. The van der Waals surface area contributed by atoms with Crippen LogP contribution in [0.4, 0.5) is 0 Å². The summed E-state index contributed by atoms with van der Waals surface area (Å²) in [6.07, 6.45) is 1.95. The third-order valence-corrected chi connectivity index (χ3v) is 4.32. The first-order valence-electron chi connectivity index (χ1n) is 5.97. The topological polar surface area (TPSA) is 46.5 Å². The fourth-order valence-electron chi connectivity index (χ4n) is 2.58. The van der Waals surface area contributed by atoms with Crippen LogP contribution in [0, 0.1) is 13.8 Å². The minimum absolute atomic E-state index is 0.157. The second kappa shape index (κ2) is 4.47. The standard InChI is InChI=1S/C14H17ClO3/c1-8-6-10(13(18-3)9(2)12(8)15)14(4-5-14)7-11(16)17/h6H,4-5,7H2,1-3H3,(H,16,17). The fourth-order valence-corrected chi connectivity index (χ4v) is 2.72. The SMILES string of the molecule is COc1c(C2(CC(=O)O)CC2)cc(C)c(Cl)c1C. The predicted octanol–water partition coefficient (Wildman–Crippen LogP) is 3.47. The first-order chi connectivity index (χ1) is 8.41. The van der Waals surface area contributed by atoms with E-state index in [4.69, 9.17) is 21.4 Å². The van der Waals surface area contributed by atoms with Crippen molar-refractivity contribution in [3.8, 4) is 5.75 Å². The van der Waals surface area contributed by atoms with Crippen molar-refractivity contribution in [2.24, 2.45) is 0 Å². The first kappa shape index (κ1) is 13.2. The van der Waals surface area contributed by atoms with Crippen LogP contribution in [0.1, 0.15) is 36.0 Å². The van der Waals surface area contributed by atoms with Crippen molar-refractivity contribution in [3.63, 3.8) is 0 Å². The molecule has 18 heavy (non-hydrogen) atoms. The average Bonchev–Trinajstić information content (AvgIpc) is 3.05. The molecule has 4 heteroatoms. The van der Waals surface area contributed by atoms with Crippen LogP contribution in [0.2, 0.25) is 5.02 Å². The van der Waals surface area contributed by atoms with Crippen molar-refractivity contribution in [2.45, 2.75) is 38.5 Å². The van der Waals surface area contributed by atoms with Gasteiger partial charge in [0.05, 0.1) is 18.6 Å². The Morgan fingerprint density at radius 1 is 1.50 bits per heavy atom. The van der Waals surface area contributed by atoms with Gasteiger partial charge in [0.25, 0.3) is 0 Å². The summed E-state index contributed by atoms with van der Waals surface area (Å²) in [7, 11) is 1.61. The zero-order valence-corrected chi connectivity index (χ0v) is 11.6. The van der Waals surface area contributed by atoms with Gasteiger partial charge < -0.3 is 9.84 Å². The van der Waals surface area contributed by atoms with Crippen molar-refractivity contribution in [1.29, 1.82) is 0 Å². The smallest absolute Gasteiger partial charge is 0.304 e. The summed E-state index contributed by atoms with van der Waals surface area (Å²) in [6.45, 7) is 3.85. The highest BCUT2D eigenvalue weighted by Crippen LogP contribution is 2.55. The molecule has 1 aromatic rings. The molecule has 1 saturated carbocycles.